The molecule has 0 aromatic rings. The normalized spacial score (nSPS) is 15.5. The van der Waals surface area contributed by atoms with Gasteiger partial charge in [0.25, 0.3) is 0 Å². The highest BCUT2D eigenvalue weighted by molar-refractivity contribution is 5.76. The van der Waals surface area contributed by atoms with Crippen molar-refractivity contribution in [3.63, 3.8) is 0 Å². The smallest absolute Gasteiger partial charge is 0.222 e. The third-order valence-corrected chi connectivity index (χ3v) is 2.88. The number of likely N-dealkylation sites (tertiary alicyclic amines) is 1. The predicted octanol–water partition coefficient (Wildman–Crippen LogP) is 0.867. The summed E-state index contributed by atoms with van der Waals surface area (Å²) in [6, 6.07) is 0. The van der Waals surface area contributed by atoms with Gasteiger partial charge in [0.1, 0.15) is 0 Å². The molecule has 0 saturated carbocycles. The lowest BCUT2D eigenvalue weighted by Gasteiger charge is -2.17. The molecule has 0 unspecified atom stereocenters. The number of nitrogens with zero attached hydrogens (tertiary/aromatic N) is 2. The Bertz CT molecular complexity index is 235. The van der Waals surface area contributed by atoms with Crippen LogP contribution in [0.1, 0.15) is 32.6 Å². The number of rotatable bonds is 4. The van der Waals surface area contributed by atoms with Crippen LogP contribution in [0.2, 0.25) is 0 Å². The van der Waals surface area contributed by atoms with E-state index in [-0.39, 0.29) is 11.8 Å². The van der Waals surface area contributed by atoms with Crippen LogP contribution in [-0.2, 0) is 9.59 Å². The molecule has 0 bridgehead atoms. The molecule has 0 spiro atoms. The fraction of sp³-hybridized carbons (Fsp3) is 0.818. The highest BCUT2D eigenvalue weighted by Gasteiger charge is 2.17. The molecule has 4 nitrogen and oxygen atoms in total. The lowest BCUT2D eigenvalue weighted by Crippen LogP contribution is -2.29. The molecule has 4 heteroatoms. The molecule has 0 aromatic carbocycles. The van der Waals surface area contributed by atoms with Crippen LogP contribution < -0.4 is 0 Å². The molecule has 1 fully saturated rings. The van der Waals surface area contributed by atoms with Crippen molar-refractivity contribution in [3.8, 4) is 0 Å². The zero-order valence-corrected chi connectivity index (χ0v) is 9.66. The van der Waals surface area contributed by atoms with Crippen LogP contribution in [0.25, 0.3) is 0 Å². The predicted molar refractivity (Wildman–Crippen MR) is 58.4 cm³/mol. The van der Waals surface area contributed by atoms with E-state index in [4.69, 9.17) is 0 Å². The first kappa shape index (κ1) is 12.0. The number of hydrogen-bond donors (Lipinski definition) is 0. The molecule has 86 valence electrons. The van der Waals surface area contributed by atoms with Crippen LogP contribution in [0.5, 0.6) is 0 Å². The average molecular weight is 212 g/mol. The van der Waals surface area contributed by atoms with Crippen molar-refractivity contribution in [1.29, 1.82) is 0 Å². The van der Waals surface area contributed by atoms with E-state index in [2.05, 4.69) is 0 Å². The molecule has 1 aliphatic rings. The first-order valence-corrected chi connectivity index (χ1v) is 5.60. The lowest BCUT2D eigenvalue weighted by molar-refractivity contribution is -0.131. The number of hydrogen-bond acceptors (Lipinski definition) is 2. The summed E-state index contributed by atoms with van der Waals surface area (Å²) < 4.78 is 0. The number of carbonyl (C=O) groups excluding carboxylic acids is 2. The van der Waals surface area contributed by atoms with Crippen molar-refractivity contribution in [3.05, 3.63) is 0 Å². The van der Waals surface area contributed by atoms with E-state index in [0.29, 0.717) is 13.0 Å². The van der Waals surface area contributed by atoms with E-state index in [0.717, 1.165) is 32.4 Å². The largest absolute Gasteiger partial charge is 0.346 e. The number of carbonyl (C=O) groups is 2. The molecule has 2 amide bonds. The van der Waals surface area contributed by atoms with E-state index >= 15 is 0 Å². The van der Waals surface area contributed by atoms with Crippen molar-refractivity contribution >= 4 is 11.8 Å². The van der Waals surface area contributed by atoms with Gasteiger partial charge in [-0.15, -0.1) is 0 Å². The molecule has 0 aromatic heterocycles. The Morgan fingerprint density at radius 3 is 2.40 bits per heavy atom. The minimum atomic E-state index is 0.0589. The number of amides is 2. The summed E-state index contributed by atoms with van der Waals surface area (Å²) >= 11 is 0. The Labute approximate surface area is 91.2 Å². The van der Waals surface area contributed by atoms with Crippen LogP contribution in [0.15, 0.2) is 0 Å². The van der Waals surface area contributed by atoms with Gasteiger partial charge in [0.05, 0.1) is 0 Å². The van der Waals surface area contributed by atoms with Crippen molar-refractivity contribution in [2.45, 2.75) is 32.6 Å². The van der Waals surface area contributed by atoms with E-state index in [1.54, 1.807) is 18.9 Å². The quantitative estimate of drug-likeness (QED) is 0.693. The van der Waals surface area contributed by atoms with Gasteiger partial charge in [-0.3, -0.25) is 9.59 Å². The summed E-state index contributed by atoms with van der Waals surface area (Å²) in [6.07, 6.45) is 3.61. The van der Waals surface area contributed by atoms with E-state index < -0.39 is 0 Å². The van der Waals surface area contributed by atoms with Gasteiger partial charge in [-0.05, 0) is 19.3 Å². The third-order valence-electron chi connectivity index (χ3n) is 2.88. The Morgan fingerprint density at radius 1 is 1.27 bits per heavy atom. The van der Waals surface area contributed by atoms with Crippen LogP contribution in [0.4, 0.5) is 0 Å². The second-order valence-electron chi connectivity index (χ2n) is 4.13. The topological polar surface area (TPSA) is 40.6 Å². The second kappa shape index (κ2) is 5.73. The fourth-order valence-corrected chi connectivity index (χ4v) is 1.75. The Kier molecular flexibility index (Phi) is 4.59. The van der Waals surface area contributed by atoms with E-state index in [1.165, 1.54) is 0 Å². The minimum absolute atomic E-state index is 0.0589. The van der Waals surface area contributed by atoms with Gasteiger partial charge in [-0.25, -0.2) is 0 Å². The van der Waals surface area contributed by atoms with Gasteiger partial charge < -0.3 is 9.80 Å². The second-order valence-corrected chi connectivity index (χ2v) is 4.13. The summed E-state index contributed by atoms with van der Waals surface area (Å²) in [7, 11) is 1.77. The summed E-state index contributed by atoms with van der Waals surface area (Å²) in [4.78, 5) is 26.1. The average Bonchev–Trinajstić information content (AvgIpc) is 2.70. The van der Waals surface area contributed by atoms with Crippen molar-refractivity contribution < 1.29 is 9.59 Å². The molecule has 0 aliphatic carbocycles. The fourth-order valence-electron chi connectivity index (χ4n) is 1.75. The maximum absolute atomic E-state index is 11.6. The van der Waals surface area contributed by atoms with Crippen molar-refractivity contribution in [2.24, 2.45) is 0 Å². The van der Waals surface area contributed by atoms with Crippen LogP contribution in [-0.4, -0.2) is 48.3 Å². The summed E-state index contributed by atoms with van der Waals surface area (Å²) in [5.74, 6) is 0.299. The molecular weight excluding hydrogens is 192 g/mol. The van der Waals surface area contributed by atoms with Crippen LogP contribution in [0, 0.1) is 0 Å². The molecule has 15 heavy (non-hydrogen) atoms. The highest BCUT2D eigenvalue weighted by Crippen LogP contribution is 2.09. The van der Waals surface area contributed by atoms with Crippen molar-refractivity contribution in [1.82, 2.24) is 9.80 Å². The maximum Gasteiger partial charge on any atom is 0.222 e. The zero-order chi connectivity index (χ0) is 11.3. The standard InChI is InChI=1S/C11H20N2O2/c1-10(14)12(2)7-5-6-11(15)13-8-3-4-9-13/h3-9H2,1-2H3. The third kappa shape index (κ3) is 3.90. The van der Waals surface area contributed by atoms with Gasteiger partial charge in [0, 0.05) is 40.0 Å². The molecular formula is C11H20N2O2. The monoisotopic (exact) mass is 212 g/mol. The summed E-state index contributed by atoms with van der Waals surface area (Å²) in [6.45, 7) is 4.06. The Hall–Kier alpha value is -1.06. The molecule has 1 aliphatic heterocycles. The van der Waals surface area contributed by atoms with E-state index in [1.807, 2.05) is 4.90 Å². The van der Waals surface area contributed by atoms with Gasteiger partial charge >= 0.3 is 0 Å². The van der Waals surface area contributed by atoms with Gasteiger partial charge in [-0.1, -0.05) is 0 Å². The Morgan fingerprint density at radius 2 is 1.87 bits per heavy atom. The van der Waals surface area contributed by atoms with Crippen LogP contribution in [0.3, 0.4) is 0 Å². The van der Waals surface area contributed by atoms with Crippen molar-refractivity contribution in [2.75, 3.05) is 26.7 Å². The SMILES string of the molecule is CC(=O)N(C)CCCC(=O)N1CCCC1. The first-order chi connectivity index (χ1) is 7.11. The lowest BCUT2D eigenvalue weighted by atomic mass is 10.2. The summed E-state index contributed by atoms with van der Waals surface area (Å²) in [5, 5.41) is 0. The van der Waals surface area contributed by atoms with E-state index in [9.17, 15) is 9.59 Å². The Balaban J connectivity index is 2.14. The molecule has 1 heterocycles. The molecule has 0 radical (unpaired) electrons. The molecule has 1 rings (SSSR count). The summed E-state index contributed by atoms with van der Waals surface area (Å²) in [5.41, 5.74) is 0. The van der Waals surface area contributed by atoms with Gasteiger partial charge in [-0.2, -0.15) is 0 Å². The molecule has 1 saturated heterocycles. The van der Waals surface area contributed by atoms with Gasteiger partial charge in [0.15, 0.2) is 0 Å². The van der Waals surface area contributed by atoms with Gasteiger partial charge in [0.2, 0.25) is 11.8 Å². The molecule has 0 atom stereocenters. The highest BCUT2D eigenvalue weighted by atomic mass is 16.2. The molecule has 0 N–H and O–H groups in total. The maximum atomic E-state index is 11.6. The first-order valence-electron chi connectivity index (χ1n) is 5.60. The van der Waals surface area contributed by atoms with Crippen LogP contribution >= 0.6 is 0 Å². The minimum Gasteiger partial charge on any atom is -0.346 e. The zero-order valence-electron chi connectivity index (χ0n) is 9.66.